The van der Waals surface area contributed by atoms with Gasteiger partial charge in [0.25, 0.3) is 11.6 Å². The molecule has 24 heavy (non-hydrogen) atoms. The first kappa shape index (κ1) is 17.4. The van der Waals surface area contributed by atoms with Crippen LogP contribution in [0.15, 0.2) is 29.5 Å². The van der Waals surface area contributed by atoms with E-state index in [1.807, 2.05) is 0 Å². The number of hydrogen-bond acceptors (Lipinski definition) is 7. The second kappa shape index (κ2) is 7.09. The monoisotopic (exact) mass is 335 g/mol. The zero-order valence-electron chi connectivity index (χ0n) is 13.2. The van der Waals surface area contributed by atoms with Crippen molar-refractivity contribution in [2.45, 2.75) is 6.92 Å². The summed E-state index contributed by atoms with van der Waals surface area (Å²) in [6, 6.07) is 4.29. The molecule has 0 spiro atoms. The number of nitrogens with one attached hydrogen (secondary N) is 1. The second-order valence-electron chi connectivity index (χ2n) is 5.18. The van der Waals surface area contributed by atoms with Crippen LogP contribution in [-0.4, -0.2) is 53.6 Å². The number of amides is 1. The zero-order chi connectivity index (χ0) is 17.9. The Hall–Kier alpha value is -2.94. The third kappa shape index (κ3) is 3.35. The number of benzene rings is 1. The molecule has 0 fully saturated rings. The van der Waals surface area contributed by atoms with Crippen molar-refractivity contribution in [3.05, 3.63) is 45.1 Å². The highest BCUT2D eigenvalue weighted by Crippen LogP contribution is 2.26. The van der Waals surface area contributed by atoms with E-state index in [1.165, 1.54) is 30.2 Å². The molecule has 1 heterocycles. The Morgan fingerprint density at radius 3 is 2.75 bits per heavy atom. The number of aryl methyl sites for hydroxylation is 1. The lowest BCUT2D eigenvalue weighted by atomic mass is 10.1. The molecule has 2 N–H and O–H groups in total. The van der Waals surface area contributed by atoms with Crippen LogP contribution in [0.2, 0.25) is 0 Å². The van der Waals surface area contributed by atoms with Gasteiger partial charge in [-0.3, -0.25) is 14.9 Å². The molecule has 9 heteroatoms. The van der Waals surface area contributed by atoms with Crippen molar-refractivity contribution in [3.8, 4) is 0 Å². The number of anilines is 1. The van der Waals surface area contributed by atoms with Crippen molar-refractivity contribution < 1.29 is 24.4 Å². The van der Waals surface area contributed by atoms with Gasteiger partial charge in [-0.1, -0.05) is 0 Å². The van der Waals surface area contributed by atoms with Gasteiger partial charge < -0.3 is 20.1 Å². The summed E-state index contributed by atoms with van der Waals surface area (Å²) in [5.41, 5.74) is 1.01. The Bertz CT molecular complexity index is 728. The lowest BCUT2D eigenvalue weighted by Gasteiger charge is -2.15. The number of nitro groups is 1. The minimum atomic E-state index is -0.648. The largest absolute Gasteiger partial charge is 0.466 e. The summed E-state index contributed by atoms with van der Waals surface area (Å²) in [6.45, 7) is 1.46. The molecular weight excluding hydrogens is 318 g/mol. The van der Waals surface area contributed by atoms with Crippen LogP contribution < -0.4 is 5.32 Å². The topological polar surface area (TPSA) is 122 Å². The van der Waals surface area contributed by atoms with E-state index in [4.69, 9.17) is 5.11 Å². The number of carbonyl (C=O) groups is 2. The number of aliphatic hydroxyl groups is 1. The maximum atomic E-state index is 12.4. The molecule has 1 amide bonds. The van der Waals surface area contributed by atoms with Gasteiger partial charge in [0.2, 0.25) is 0 Å². The highest BCUT2D eigenvalue weighted by Gasteiger charge is 2.34. The third-order valence-electron chi connectivity index (χ3n) is 3.62. The van der Waals surface area contributed by atoms with Crippen LogP contribution >= 0.6 is 0 Å². The molecule has 0 aliphatic carbocycles. The second-order valence-corrected chi connectivity index (χ2v) is 5.18. The molecule has 0 atom stereocenters. The first-order chi connectivity index (χ1) is 11.4. The van der Waals surface area contributed by atoms with E-state index in [9.17, 15) is 19.7 Å². The van der Waals surface area contributed by atoms with Gasteiger partial charge in [-0.25, -0.2) is 4.79 Å². The van der Waals surface area contributed by atoms with Crippen molar-refractivity contribution in [3.63, 3.8) is 0 Å². The maximum absolute atomic E-state index is 12.4. The van der Waals surface area contributed by atoms with Crippen LogP contribution in [0.3, 0.4) is 0 Å². The SMILES string of the molecule is COC(=O)C1=C(Nc2ccc([N+](=O)[O-])c(C)c2)C(=O)N(CCO)C1. The molecule has 0 bridgehead atoms. The predicted octanol–water partition coefficient (Wildman–Crippen LogP) is 0.577. The summed E-state index contributed by atoms with van der Waals surface area (Å²) in [4.78, 5) is 35.9. The van der Waals surface area contributed by atoms with Gasteiger partial charge in [0.1, 0.15) is 5.70 Å². The Morgan fingerprint density at radius 2 is 2.21 bits per heavy atom. The van der Waals surface area contributed by atoms with Crippen LogP contribution in [0.5, 0.6) is 0 Å². The first-order valence-corrected chi connectivity index (χ1v) is 7.12. The Kier molecular flexibility index (Phi) is 5.14. The first-order valence-electron chi connectivity index (χ1n) is 7.12. The van der Waals surface area contributed by atoms with Crippen LogP contribution in [0, 0.1) is 17.0 Å². The minimum Gasteiger partial charge on any atom is -0.466 e. The smallest absolute Gasteiger partial charge is 0.337 e. The number of nitrogens with zero attached hydrogens (tertiary/aromatic N) is 2. The number of esters is 1. The van der Waals surface area contributed by atoms with E-state index in [0.29, 0.717) is 11.3 Å². The average molecular weight is 335 g/mol. The number of ether oxygens (including phenoxy) is 1. The summed E-state index contributed by atoms with van der Waals surface area (Å²) in [6.07, 6.45) is 0. The van der Waals surface area contributed by atoms with E-state index < -0.39 is 16.8 Å². The van der Waals surface area contributed by atoms with Crippen molar-refractivity contribution >= 4 is 23.3 Å². The lowest BCUT2D eigenvalue weighted by molar-refractivity contribution is -0.385. The number of methoxy groups -OCH3 is 1. The van der Waals surface area contributed by atoms with E-state index in [2.05, 4.69) is 10.1 Å². The molecule has 1 aromatic rings. The Balaban J connectivity index is 2.33. The van der Waals surface area contributed by atoms with Crippen molar-refractivity contribution in [2.24, 2.45) is 0 Å². The molecule has 2 rings (SSSR count). The number of rotatable bonds is 6. The Morgan fingerprint density at radius 1 is 1.50 bits per heavy atom. The molecule has 1 aliphatic heterocycles. The van der Waals surface area contributed by atoms with Gasteiger partial charge >= 0.3 is 5.97 Å². The van der Waals surface area contributed by atoms with Gasteiger partial charge in [-0.2, -0.15) is 0 Å². The number of hydrogen-bond donors (Lipinski definition) is 2. The molecular formula is C15H17N3O6. The number of β-amino-alcohol motifs (C(OH)–C–C–N with tert-alkyl or cyclic N) is 1. The third-order valence-corrected chi connectivity index (χ3v) is 3.62. The maximum Gasteiger partial charge on any atom is 0.337 e. The summed E-state index contributed by atoms with van der Waals surface area (Å²) < 4.78 is 4.68. The molecule has 0 saturated heterocycles. The van der Waals surface area contributed by atoms with E-state index in [0.717, 1.165) is 0 Å². The quantitative estimate of drug-likeness (QED) is 0.443. The lowest BCUT2D eigenvalue weighted by Crippen LogP contribution is -2.31. The standard InChI is InChI=1S/C15H17N3O6/c1-9-7-10(3-4-12(9)18(22)23)16-13-11(15(21)24-2)8-17(5-6-19)14(13)20/h3-4,7,16,19H,5-6,8H2,1-2H3. The summed E-state index contributed by atoms with van der Waals surface area (Å²) >= 11 is 0. The van der Waals surface area contributed by atoms with Crippen molar-refractivity contribution in [1.29, 1.82) is 0 Å². The number of nitro benzene ring substituents is 1. The predicted molar refractivity (Wildman–Crippen MR) is 84.2 cm³/mol. The highest BCUT2D eigenvalue weighted by molar-refractivity contribution is 6.08. The number of aliphatic hydroxyl groups excluding tert-OH is 1. The van der Waals surface area contributed by atoms with E-state index in [1.54, 1.807) is 6.92 Å². The fraction of sp³-hybridized carbons (Fsp3) is 0.333. The van der Waals surface area contributed by atoms with Gasteiger partial charge in [0, 0.05) is 23.9 Å². The van der Waals surface area contributed by atoms with Gasteiger partial charge in [-0.15, -0.1) is 0 Å². The minimum absolute atomic E-state index is 0.0281. The molecule has 1 aromatic carbocycles. The van der Waals surface area contributed by atoms with E-state index in [-0.39, 0.29) is 36.7 Å². The fourth-order valence-electron chi connectivity index (χ4n) is 2.43. The van der Waals surface area contributed by atoms with Crippen molar-refractivity contribution in [1.82, 2.24) is 4.90 Å². The Labute approximate surface area is 137 Å². The summed E-state index contributed by atoms with van der Waals surface area (Å²) in [5, 5.41) is 22.7. The van der Waals surface area contributed by atoms with Crippen molar-refractivity contribution in [2.75, 3.05) is 32.1 Å². The molecule has 0 saturated carbocycles. The molecule has 0 unspecified atom stereocenters. The normalized spacial score (nSPS) is 14.1. The van der Waals surface area contributed by atoms with Gasteiger partial charge in [0.05, 0.1) is 30.8 Å². The zero-order valence-corrected chi connectivity index (χ0v) is 13.2. The van der Waals surface area contributed by atoms with Crippen LogP contribution in [-0.2, 0) is 14.3 Å². The van der Waals surface area contributed by atoms with Crippen LogP contribution in [0.1, 0.15) is 5.56 Å². The fourth-order valence-corrected chi connectivity index (χ4v) is 2.43. The summed E-state index contributed by atoms with van der Waals surface area (Å²) in [7, 11) is 1.21. The summed E-state index contributed by atoms with van der Waals surface area (Å²) in [5.74, 6) is -1.09. The van der Waals surface area contributed by atoms with Crippen LogP contribution in [0.4, 0.5) is 11.4 Å². The van der Waals surface area contributed by atoms with Crippen LogP contribution in [0.25, 0.3) is 0 Å². The van der Waals surface area contributed by atoms with Gasteiger partial charge in [0.15, 0.2) is 0 Å². The number of carbonyl (C=O) groups excluding carboxylic acids is 2. The highest BCUT2D eigenvalue weighted by atomic mass is 16.6. The molecule has 128 valence electrons. The molecule has 0 aromatic heterocycles. The van der Waals surface area contributed by atoms with Gasteiger partial charge in [-0.05, 0) is 19.1 Å². The molecule has 0 radical (unpaired) electrons. The molecule has 9 nitrogen and oxygen atoms in total. The molecule has 1 aliphatic rings. The van der Waals surface area contributed by atoms with E-state index >= 15 is 0 Å². The average Bonchev–Trinajstić information content (AvgIpc) is 2.84.